The van der Waals surface area contributed by atoms with Gasteiger partial charge in [0.25, 0.3) is 0 Å². The summed E-state index contributed by atoms with van der Waals surface area (Å²) in [5.41, 5.74) is 2.22. The third-order valence-electron chi connectivity index (χ3n) is 3.16. The average Bonchev–Trinajstić information content (AvgIpc) is 2.89. The predicted molar refractivity (Wildman–Crippen MR) is 92.8 cm³/mol. The Morgan fingerprint density at radius 3 is 2.33 bits per heavy atom. The highest BCUT2D eigenvalue weighted by Crippen LogP contribution is 2.31. The molecule has 2 nitrogen and oxygen atoms in total. The van der Waals surface area contributed by atoms with Crippen LogP contribution in [0.2, 0.25) is 10.0 Å². The molecule has 0 fully saturated rings. The second-order valence-electron chi connectivity index (χ2n) is 5.69. The van der Waals surface area contributed by atoms with E-state index in [-0.39, 0.29) is 6.04 Å². The molecule has 0 radical (unpaired) electrons. The summed E-state index contributed by atoms with van der Waals surface area (Å²) in [4.78, 5) is 4.77. The minimum atomic E-state index is 0.0391. The molecule has 1 aromatic carbocycles. The molecule has 21 heavy (non-hydrogen) atoms. The Bertz CT molecular complexity index is 608. The van der Waals surface area contributed by atoms with Gasteiger partial charge in [-0.25, -0.2) is 4.98 Å². The van der Waals surface area contributed by atoms with Gasteiger partial charge in [0.2, 0.25) is 0 Å². The van der Waals surface area contributed by atoms with Crippen LogP contribution in [0.4, 0.5) is 0 Å². The quantitative estimate of drug-likeness (QED) is 0.758. The van der Waals surface area contributed by atoms with Gasteiger partial charge in [0.1, 0.15) is 5.01 Å². The Morgan fingerprint density at radius 2 is 1.81 bits per heavy atom. The number of nitrogens with one attached hydrogen (secondary N) is 1. The number of halogens is 2. The van der Waals surface area contributed by atoms with Crippen molar-refractivity contribution in [3.05, 3.63) is 49.9 Å². The monoisotopic (exact) mass is 342 g/mol. The van der Waals surface area contributed by atoms with Crippen LogP contribution in [0.3, 0.4) is 0 Å². The lowest BCUT2D eigenvalue weighted by molar-refractivity contribution is 0.525. The zero-order valence-electron chi connectivity index (χ0n) is 12.7. The number of benzene rings is 1. The van der Waals surface area contributed by atoms with Gasteiger partial charge in [-0.1, -0.05) is 43.1 Å². The Labute approximate surface area is 140 Å². The highest BCUT2D eigenvalue weighted by atomic mass is 35.5. The van der Waals surface area contributed by atoms with Gasteiger partial charge in [-0.05, 0) is 37.5 Å². The molecule has 0 bridgehead atoms. The molecule has 1 heterocycles. The van der Waals surface area contributed by atoms with Crippen LogP contribution in [0.5, 0.6) is 0 Å². The van der Waals surface area contributed by atoms with Crippen molar-refractivity contribution in [2.75, 3.05) is 0 Å². The molecule has 0 aliphatic rings. The molecular weight excluding hydrogens is 323 g/mol. The van der Waals surface area contributed by atoms with Crippen molar-refractivity contribution >= 4 is 34.5 Å². The van der Waals surface area contributed by atoms with E-state index in [1.165, 1.54) is 0 Å². The van der Waals surface area contributed by atoms with Crippen molar-refractivity contribution in [2.24, 2.45) is 0 Å². The smallest absolute Gasteiger partial charge is 0.114 e. The summed E-state index contributed by atoms with van der Waals surface area (Å²) in [5, 5.41) is 7.90. The topological polar surface area (TPSA) is 24.9 Å². The van der Waals surface area contributed by atoms with Crippen LogP contribution < -0.4 is 5.32 Å². The molecule has 1 aromatic heterocycles. The van der Waals surface area contributed by atoms with Crippen LogP contribution in [-0.4, -0.2) is 11.0 Å². The van der Waals surface area contributed by atoms with Gasteiger partial charge in [0.15, 0.2) is 0 Å². The van der Waals surface area contributed by atoms with Crippen LogP contribution >= 0.6 is 34.5 Å². The van der Waals surface area contributed by atoms with E-state index in [0.29, 0.717) is 22.0 Å². The van der Waals surface area contributed by atoms with E-state index in [1.807, 2.05) is 18.2 Å². The summed E-state index contributed by atoms with van der Waals surface area (Å²) >= 11 is 13.9. The van der Waals surface area contributed by atoms with Crippen molar-refractivity contribution in [3.63, 3.8) is 0 Å². The maximum atomic E-state index is 6.16. The molecule has 0 aliphatic heterocycles. The summed E-state index contributed by atoms with van der Waals surface area (Å²) in [6.07, 6.45) is 0. The zero-order valence-corrected chi connectivity index (χ0v) is 15.0. The molecule has 0 saturated heterocycles. The van der Waals surface area contributed by atoms with Crippen LogP contribution in [0, 0.1) is 0 Å². The highest BCUT2D eigenvalue weighted by Gasteiger charge is 2.20. The van der Waals surface area contributed by atoms with Gasteiger partial charge in [0, 0.05) is 11.4 Å². The van der Waals surface area contributed by atoms with Crippen molar-refractivity contribution in [2.45, 2.75) is 45.7 Å². The maximum Gasteiger partial charge on any atom is 0.114 e. The fourth-order valence-corrected chi connectivity index (χ4v) is 3.41. The Morgan fingerprint density at radius 1 is 1.10 bits per heavy atom. The van der Waals surface area contributed by atoms with Crippen LogP contribution in [-0.2, 0) is 0 Å². The first-order chi connectivity index (χ1) is 9.88. The van der Waals surface area contributed by atoms with Gasteiger partial charge in [-0.15, -0.1) is 11.3 Å². The van der Waals surface area contributed by atoms with Gasteiger partial charge in [-0.3, -0.25) is 0 Å². The molecule has 0 amide bonds. The van der Waals surface area contributed by atoms with Gasteiger partial charge in [-0.2, -0.15) is 0 Å². The zero-order chi connectivity index (χ0) is 15.6. The molecule has 0 aliphatic carbocycles. The number of nitrogens with zero attached hydrogens (tertiary/aromatic N) is 1. The molecule has 1 unspecified atom stereocenters. The molecular formula is C16H20Cl2N2S. The number of hydrogen-bond acceptors (Lipinski definition) is 3. The highest BCUT2D eigenvalue weighted by molar-refractivity contribution is 7.09. The molecule has 0 saturated carbocycles. The Hall–Kier alpha value is -0.610. The maximum absolute atomic E-state index is 6.16. The molecule has 114 valence electrons. The molecule has 5 heteroatoms. The van der Waals surface area contributed by atoms with Crippen molar-refractivity contribution in [1.82, 2.24) is 10.3 Å². The van der Waals surface area contributed by atoms with Crippen LogP contribution in [0.15, 0.2) is 23.6 Å². The van der Waals surface area contributed by atoms with E-state index in [0.717, 1.165) is 16.3 Å². The minimum Gasteiger partial charge on any atom is -0.302 e. The Kier molecular flexibility index (Phi) is 5.67. The van der Waals surface area contributed by atoms with Crippen molar-refractivity contribution < 1.29 is 0 Å². The van der Waals surface area contributed by atoms with E-state index >= 15 is 0 Å². The molecule has 1 atom stereocenters. The minimum absolute atomic E-state index is 0.0391. The molecule has 0 spiro atoms. The van der Waals surface area contributed by atoms with E-state index < -0.39 is 0 Å². The summed E-state index contributed by atoms with van der Waals surface area (Å²) in [5.74, 6) is 0.434. The first kappa shape index (κ1) is 16.8. The van der Waals surface area contributed by atoms with Crippen LogP contribution in [0.25, 0.3) is 0 Å². The third kappa shape index (κ3) is 4.19. The lowest BCUT2D eigenvalue weighted by Gasteiger charge is -2.20. The molecule has 2 aromatic rings. The molecule has 2 rings (SSSR count). The first-order valence-electron chi connectivity index (χ1n) is 7.04. The van der Waals surface area contributed by atoms with E-state index in [2.05, 4.69) is 38.4 Å². The van der Waals surface area contributed by atoms with Crippen molar-refractivity contribution in [3.8, 4) is 0 Å². The van der Waals surface area contributed by atoms with E-state index in [1.54, 1.807) is 11.3 Å². The number of thiazole rings is 1. The predicted octanol–water partition coefficient (Wildman–Crippen LogP) is 5.66. The molecule has 1 N–H and O–H groups in total. The lowest BCUT2D eigenvalue weighted by atomic mass is 10.1. The summed E-state index contributed by atoms with van der Waals surface area (Å²) < 4.78 is 0. The standard InChI is InChI=1S/C16H20Cl2N2S/c1-9(2)14-8-21-16(20-14)15(19-10(3)4)11-5-6-12(17)13(18)7-11/h5-10,15,19H,1-4H3. The number of rotatable bonds is 5. The number of hydrogen-bond donors (Lipinski definition) is 1. The van der Waals surface area contributed by atoms with E-state index in [9.17, 15) is 0 Å². The first-order valence-corrected chi connectivity index (χ1v) is 8.68. The van der Waals surface area contributed by atoms with Crippen LogP contribution in [0.1, 0.15) is 55.9 Å². The fraction of sp³-hybridized carbons (Fsp3) is 0.438. The summed E-state index contributed by atoms with van der Waals surface area (Å²) in [7, 11) is 0. The van der Waals surface area contributed by atoms with E-state index in [4.69, 9.17) is 28.2 Å². The number of aromatic nitrogens is 1. The SMILES string of the molecule is CC(C)NC(c1ccc(Cl)c(Cl)c1)c1nc(C(C)C)cs1. The lowest BCUT2D eigenvalue weighted by Crippen LogP contribution is -2.29. The van der Waals surface area contributed by atoms with Gasteiger partial charge in [0.05, 0.1) is 21.8 Å². The summed E-state index contributed by atoms with van der Waals surface area (Å²) in [6.45, 7) is 8.56. The van der Waals surface area contributed by atoms with Gasteiger partial charge >= 0.3 is 0 Å². The average molecular weight is 343 g/mol. The largest absolute Gasteiger partial charge is 0.302 e. The normalized spacial score (nSPS) is 13.1. The second-order valence-corrected chi connectivity index (χ2v) is 7.40. The van der Waals surface area contributed by atoms with Crippen molar-refractivity contribution in [1.29, 1.82) is 0 Å². The fourth-order valence-electron chi connectivity index (χ4n) is 2.03. The Balaban J connectivity index is 2.39. The summed E-state index contributed by atoms with van der Waals surface area (Å²) in [6, 6.07) is 6.14. The van der Waals surface area contributed by atoms with Gasteiger partial charge < -0.3 is 5.32 Å². The second kappa shape index (κ2) is 7.10. The third-order valence-corrected chi connectivity index (χ3v) is 4.82.